The predicted octanol–water partition coefficient (Wildman–Crippen LogP) is 2.63. The van der Waals surface area contributed by atoms with Crippen molar-refractivity contribution in [1.82, 2.24) is 9.80 Å². The summed E-state index contributed by atoms with van der Waals surface area (Å²) in [6.45, 7) is 1.96. The van der Waals surface area contributed by atoms with Crippen LogP contribution in [0.15, 0.2) is 16.5 Å². The van der Waals surface area contributed by atoms with Crippen molar-refractivity contribution in [2.45, 2.75) is 37.8 Å². The van der Waals surface area contributed by atoms with Crippen LogP contribution in [-0.2, 0) is 0 Å². The lowest BCUT2D eigenvalue weighted by atomic mass is 10.0. The van der Waals surface area contributed by atoms with Crippen molar-refractivity contribution in [3.8, 4) is 0 Å². The number of likely N-dealkylation sites (N-methyl/N-ethyl adjacent to an activating group) is 1. The fourth-order valence-corrected chi connectivity index (χ4v) is 3.58. The van der Waals surface area contributed by atoms with Gasteiger partial charge in [0.15, 0.2) is 11.0 Å². The first kappa shape index (κ1) is 13.0. The van der Waals surface area contributed by atoms with E-state index in [2.05, 4.69) is 11.9 Å². The van der Waals surface area contributed by atoms with E-state index in [1.54, 1.807) is 12.1 Å². The molecule has 2 atom stereocenters. The van der Waals surface area contributed by atoms with E-state index in [4.69, 9.17) is 16.0 Å². The van der Waals surface area contributed by atoms with Gasteiger partial charge in [-0.05, 0) is 63.0 Å². The third kappa shape index (κ3) is 2.39. The molecule has 0 aliphatic carbocycles. The lowest BCUT2D eigenvalue weighted by Gasteiger charge is -2.32. The van der Waals surface area contributed by atoms with E-state index in [0.29, 0.717) is 17.8 Å². The van der Waals surface area contributed by atoms with Crippen LogP contribution in [0.25, 0.3) is 0 Å². The fraction of sp³-hybridized carbons (Fsp3) is 0.643. The van der Waals surface area contributed by atoms with E-state index in [0.717, 1.165) is 25.9 Å². The minimum absolute atomic E-state index is 0.0188. The predicted molar refractivity (Wildman–Crippen MR) is 73.4 cm³/mol. The summed E-state index contributed by atoms with van der Waals surface area (Å²) >= 11 is 5.75. The molecule has 3 heterocycles. The number of amides is 1. The van der Waals surface area contributed by atoms with Crippen LogP contribution < -0.4 is 0 Å². The molecular formula is C14H19ClN2O2. The Morgan fingerprint density at radius 1 is 1.26 bits per heavy atom. The highest BCUT2D eigenvalue weighted by Crippen LogP contribution is 2.30. The molecule has 2 aliphatic rings. The number of halogens is 1. The Hall–Kier alpha value is -1.00. The molecule has 2 fully saturated rings. The number of carbonyl (C=O) groups excluding carboxylic acids is 1. The third-order valence-electron chi connectivity index (χ3n) is 4.37. The number of likely N-dealkylation sites (tertiary alicyclic amines) is 2. The Kier molecular flexibility index (Phi) is 3.54. The van der Waals surface area contributed by atoms with Gasteiger partial charge in [0.25, 0.3) is 5.91 Å². The molecule has 0 spiro atoms. The molecule has 0 saturated carbocycles. The lowest BCUT2D eigenvalue weighted by molar-refractivity contribution is 0.0633. The molecule has 19 heavy (non-hydrogen) atoms. The molecule has 2 aliphatic heterocycles. The number of nitrogens with zero attached hydrogens (tertiary/aromatic N) is 2. The number of hydrogen-bond acceptors (Lipinski definition) is 3. The summed E-state index contributed by atoms with van der Waals surface area (Å²) in [6.07, 6.45) is 4.58. The zero-order valence-corrected chi connectivity index (χ0v) is 11.9. The van der Waals surface area contributed by atoms with Gasteiger partial charge in [-0.25, -0.2) is 0 Å². The largest absolute Gasteiger partial charge is 0.440 e. The van der Waals surface area contributed by atoms with E-state index >= 15 is 0 Å². The molecule has 2 saturated heterocycles. The van der Waals surface area contributed by atoms with Gasteiger partial charge in [0.05, 0.1) is 0 Å². The standard InChI is InChI=1S/C14H19ClN2O2/c1-16-8-2-4-10(16)11-5-3-9-17(11)14(18)12-6-7-13(15)19-12/h6-7,10-11H,2-5,8-9H2,1H3/t10-,11+/m1/s1. The molecule has 0 N–H and O–H groups in total. The van der Waals surface area contributed by atoms with Crippen molar-refractivity contribution in [1.29, 1.82) is 0 Å². The number of furan rings is 1. The van der Waals surface area contributed by atoms with Crippen LogP contribution in [0.3, 0.4) is 0 Å². The van der Waals surface area contributed by atoms with Gasteiger partial charge in [-0.2, -0.15) is 0 Å². The number of carbonyl (C=O) groups is 1. The minimum Gasteiger partial charge on any atom is -0.440 e. The van der Waals surface area contributed by atoms with Crippen LogP contribution in [0.5, 0.6) is 0 Å². The highest BCUT2D eigenvalue weighted by atomic mass is 35.5. The van der Waals surface area contributed by atoms with E-state index in [-0.39, 0.29) is 11.1 Å². The molecule has 0 bridgehead atoms. The average molecular weight is 283 g/mol. The van der Waals surface area contributed by atoms with Crippen molar-refractivity contribution in [2.24, 2.45) is 0 Å². The van der Waals surface area contributed by atoms with Crippen molar-refractivity contribution >= 4 is 17.5 Å². The maximum absolute atomic E-state index is 12.5. The second-order valence-corrected chi connectivity index (χ2v) is 5.87. The monoisotopic (exact) mass is 282 g/mol. The van der Waals surface area contributed by atoms with Crippen LogP contribution >= 0.6 is 11.6 Å². The summed E-state index contributed by atoms with van der Waals surface area (Å²) < 4.78 is 5.26. The van der Waals surface area contributed by atoms with Gasteiger partial charge in [-0.15, -0.1) is 0 Å². The molecule has 3 rings (SSSR count). The first-order chi connectivity index (χ1) is 9.16. The van der Waals surface area contributed by atoms with Gasteiger partial charge < -0.3 is 14.2 Å². The molecule has 1 aromatic rings. The Balaban J connectivity index is 1.77. The Labute approximate surface area is 118 Å². The molecule has 1 aromatic heterocycles. The lowest BCUT2D eigenvalue weighted by Crippen LogP contribution is -2.47. The van der Waals surface area contributed by atoms with E-state index in [9.17, 15) is 4.79 Å². The minimum atomic E-state index is -0.0188. The average Bonchev–Trinajstić information content (AvgIpc) is 3.07. The maximum atomic E-state index is 12.5. The van der Waals surface area contributed by atoms with Crippen LogP contribution in [-0.4, -0.2) is 47.9 Å². The molecular weight excluding hydrogens is 264 g/mol. The van der Waals surface area contributed by atoms with Crippen molar-refractivity contribution < 1.29 is 9.21 Å². The zero-order chi connectivity index (χ0) is 13.4. The Bertz CT molecular complexity index is 474. The van der Waals surface area contributed by atoms with E-state index in [1.165, 1.54) is 12.8 Å². The summed E-state index contributed by atoms with van der Waals surface area (Å²) in [5.74, 6) is 0.340. The summed E-state index contributed by atoms with van der Waals surface area (Å²) in [7, 11) is 2.16. The van der Waals surface area contributed by atoms with Crippen molar-refractivity contribution in [3.63, 3.8) is 0 Å². The van der Waals surface area contributed by atoms with Gasteiger partial charge in [0.2, 0.25) is 0 Å². The molecule has 0 radical (unpaired) electrons. The molecule has 5 heteroatoms. The van der Waals surface area contributed by atoms with Gasteiger partial charge >= 0.3 is 0 Å². The quantitative estimate of drug-likeness (QED) is 0.837. The molecule has 104 valence electrons. The Morgan fingerprint density at radius 2 is 2.00 bits per heavy atom. The second-order valence-electron chi connectivity index (χ2n) is 5.50. The van der Waals surface area contributed by atoms with Crippen molar-refractivity contribution in [3.05, 3.63) is 23.1 Å². The zero-order valence-electron chi connectivity index (χ0n) is 11.1. The molecule has 1 amide bonds. The molecule has 0 unspecified atom stereocenters. The van der Waals surface area contributed by atoms with Crippen LogP contribution in [0, 0.1) is 0 Å². The second kappa shape index (κ2) is 5.17. The summed E-state index contributed by atoms with van der Waals surface area (Å²) in [4.78, 5) is 16.8. The van der Waals surface area contributed by atoms with Crippen LogP contribution in [0.1, 0.15) is 36.2 Å². The van der Waals surface area contributed by atoms with Crippen molar-refractivity contribution in [2.75, 3.05) is 20.1 Å². The van der Waals surface area contributed by atoms with Crippen LogP contribution in [0.4, 0.5) is 0 Å². The third-order valence-corrected chi connectivity index (χ3v) is 4.57. The topological polar surface area (TPSA) is 36.7 Å². The highest BCUT2D eigenvalue weighted by Gasteiger charge is 2.39. The van der Waals surface area contributed by atoms with Gasteiger partial charge in [0, 0.05) is 18.6 Å². The van der Waals surface area contributed by atoms with E-state index in [1.807, 2.05) is 4.90 Å². The Morgan fingerprint density at radius 3 is 2.63 bits per heavy atom. The fourth-order valence-electron chi connectivity index (χ4n) is 3.44. The van der Waals surface area contributed by atoms with Crippen LogP contribution in [0.2, 0.25) is 5.22 Å². The summed E-state index contributed by atoms with van der Waals surface area (Å²) in [6, 6.07) is 4.11. The smallest absolute Gasteiger partial charge is 0.289 e. The van der Waals surface area contributed by atoms with Gasteiger partial charge in [0.1, 0.15) is 0 Å². The normalized spacial score (nSPS) is 28.2. The molecule has 4 nitrogen and oxygen atoms in total. The first-order valence-corrected chi connectivity index (χ1v) is 7.31. The van der Waals surface area contributed by atoms with Gasteiger partial charge in [-0.1, -0.05) is 0 Å². The first-order valence-electron chi connectivity index (χ1n) is 6.93. The molecule has 0 aromatic carbocycles. The summed E-state index contributed by atoms with van der Waals surface area (Å²) in [5.41, 5.74) is 0. The number of hydrogen-bond donors (Lipinski definition) is 0. The van der Waals surface area contributed by atoms with E-state index < -0.39 is 0 Å². The highest BCUT2D eigenvalue weighted by molar-refractivity contribution is 6.29. The van der Waals surface area contributed by atoms with Gasteiger partial charge in [-0.3, -0.25) is 4.79 Å². The number of rotatable bonds is 2. The summed E-state index contributed by atoms with van der Waals surface area (Å²) in [5, 5.41) is 0.275. The SMILES string of the molecule is CN1CCC[C@@H]1[C@@H]1CCCN1C(=O)c1ccc(Cl)o1. The maximum Gasteiger partial charge on any atom is 0.289 e.